The standard InChI is InChI=1S/C26H39N5O6/c1-6-14(4)21(26(36)37)30-24(34)20(13(2)3)29-25(35)22(15(5)32)31-23(33)18(27)11-16-12-28-19-10-8-7-9-17(16)19/h7-10,12-15,18,20-22,28,32H,6,11,27H2,1-5H3,(H,29,35)(H,30,34)(H,31,33)(H,36,37). The molecule has 6 atom stereocenters. The molecular weight excluding hydrogens is 478 g/mol. The number of nitrogens with one attached hydrogen (secondary N) is 4. The molecule has 0 spiro atoms. The minimum Gasteiger partial charge on any atom is -0.480 e. The minimum atomic E-state index is -1.37. The number of rotatable bonds is 13. The lowest BCUT2D eigenvalue weighted by molar-refractivity contribution is -0.144. The SMILES string of the molecule is CCC(C)C(NC(=O)C(NC(=O)C(NC(=O)C(N)Cc1c[nH]c2ccccc12)C(C)O)C(C)C)C(=O)O. The number of carbonyl (C=O) groups excluding carboxylic acids is 3. The topological polar surface area (TPSA) is 187 Å². The number of aromatic amines is 1. The first-order chi connectivity index (χ1) is 17.4. The van der Waals surface area contributed by atoms with E-state index in [9.17, 15) is 29.4 Å². The molecule has 2 rings (SSSR count). The molecule has 0 saturated heterocycles. The van der Waals surface area contributed by atoms with Crippen LogP contribution < -0.4 is 21.7 Å². The zero-order valence-corrected chi connectivity index (χ0v) is 21.9. The Labute approximate surface area is 216 Å². The van der Waals surface area contributed by atoms with Crippen molar-refractivity contribution in [3.63, 3.8) is 0 Å². The normalized spacial score (nSPS) is 16.3. The van der Waals surface area contributed by atoms with Crippen molar-refractivity contribution in [3.05, 3.63) is 36.0 Å². The van der Waals surface area contributed by atoms with Gasteiger partial charge in [-0.15, -0.1) is 0 Å². The van der Waals surface area contributed by atoms with Gasteiger partial charge in [-0.1, -0.05) is 52.3 Å². The van der Waals surface area contributed by atoms with Gasteiger partial charge in [0, 0.05) is 17.1 Å². The number of para-hydroxylation sites is 1. The molecule has 0 aliphatic carbocycles. The quantitative estimate of drug-likeness (QED) is 0.203. The summed E-state index contributed by atoms with van der Waals surface area (Å²) in [6, 6.07) is 3.00. The summed E-state index contributed by atoms with van der Waals surface area (Å²) in [5, 5.41) is 28.2. The molecule has 0 radical (unpaired) electrons. The van der Waals surface area contributed by atoms with Crippen molar-refractivity contribution in [2.45, 2.75) is 77.7 Å². The molecule has 0 saturated carbocycles. The molecule has 1 aromatic carbocycles. The van der Waals surface area contributed by atoms with Crippen molar-refractivity contribution in [2.24, 2.45) is 17.6 Å². The highest BCUT2D eigenvalue weighted by atomic mass is 16.4. The number of aliphatic hydroxyl groups is 1. The van der Waals surface area contributed by atoms with Gasteiger partial charge in [0.2, 0.25) is 17.7 Å². The maximum Gasteiger partial charge on any atom is 0.326 e. The van der Waals surface area contributed by atoms with Gasteiger partial charge in [-0.2, -0.15) is 0 Å². The van der Waals surface area contributed by atoms with Crippen LogP contribution in [-0.4, -0.2) is 69.2 Å². The zero-order chi connectivity index (χ0) is 27.9. The Morgan fingerprint density at radius 2 is 1.49 bits per heavy atom. The summed E-state index contributed by atoms with van der Waals surface area (Å²) >= 11 is 0. The van der Waals surface area contributed by atoms with E-state index in [1.54, 1.807) is 27.0 Å². The maximum atomic E-state index is 13.0. The van der Waals surface area contributed by atoms with Crippen molar-refractivity contribution in [3.8, 4) is 0 Å². The number of carbonyl (C=O) groups is 4. The Hall–Kier alpha value is -3.44. The van der Waals surface area contributed by atoms with Crippen molar-refractivity contribution >= 4 is 34.6 Å². The second-order valence-corrected chi connectivity index (χ2v) is 9.84. The Kier molecular flexibility index (Phi) is 10.6. The molecule has 11 heteroatoms. The fourth-order valence-corrected chi connectivity index (χ4v) is 4.00. The maximum absolute atomic E-state index is 13.0. The molecule has 204 valence electrons. The van der Waals surface area contributed by atoms with E-state index in [0.29, 0.717) is 6.42 Å². The second kappa shape index (κ2) is 13.2. The van der Waals surface area contributed by atoms with Gasteiger partial charge in [-0.25, -0.2) is 4.79 Å². The third kappa shape index (κ3) is 7.77. The van der Waals surface area contributed by atoms with E-state index in [2.05, 4.69) is 20.9 Å². The van der Waals surface area contributed by atoms with Gasteiger partial charge < -0.3 is 36.9 Å². The molecule has 11 nitrogen and oxygen atoms in total. The number of carboxylic acid groups (broad SMARTS) is 1. The number of H-pyrrole nitrogens is 1. The van der Waals surface area contributed by atoms with Crippen LogP contribution in [0.2, 0.25) is 0 Å². The molecule has 1 heterocycles. The van der Waals surface area contributed by atoms with E-state index in [1.807, 2.05) is 31.2 Å². The van der Waals surface area contributed by atoms with Crippen LogP contribution in [0.3, 0.4) is 0 Å². The van der Waals surface area contributed by atoms with E-state index in [1.165, 1.54) is 6.92 Å². The largest absolute Gasteiger partial charge is 0.480 e. The van der Waals surface area contributed by atoms with Crippen molar-refractivity contribution in [2.75, 3.05) is 0 Å². The Bertz CT molecular complexity index is 1100. The summed E-state index contributed by atoms with van der Waals surface area (Å²) in [5.41, 5.74) is 7.85. The highest BCUT2D eigenvalue weighted by Crippen LogP contribution is 2.19. The Morgan fingerprint density at radius 1 is 0.919 bits per heavy atom. The fraction of sp³-hybridized carbons (Fsp3) is 0.538. The highest BCUT2D eigenvalue weighted by Gasteiger charge is 2.34. The summed E-state index contributed by atoms with van der Waals surface area (Å²) < 4.78 is 0. The summed E-state index contributed by atoms with van der Waals surface area (Å²) in [7, 11) is 0. The number of amides is 3. The molecule has 0 aliphatic heterocycles. The third-order valence-electron chi connectivity index (χ3n) is 6.54. The number of carboxylic acids is 1. The Balaban J connectivity index is 2.09. The fourth-order valence-electron chi connectivity index (χ4n) is 4.00. The minimum absolute atomic E-state index is 0.202. The number of nitrogens with two attached hydrogens (primary N) is 1. The lowest BCUT2D eigenvalue weighted by Crippen LogP contribution is -2.61. The number of hydrogen-bond donors (Lipinski definition) is 7. The van der Waals surface area contributed by atoms with E-state index in [-0.39, 0.29) is 12.3 Å². The lowest BCUT2D eigenvalue weighted by atomic mass is 9.97. The van der Waals surface area contributed by atoms with Crippen LogP contribution in [0.25, 0.3) is 10.9 Å². The molecule has 0 bridgehead atoms. The molecule has 2 aromatic rings. The number of aliphatic hydroxyl groups excluding tert-OH is 1. The third-order valence-corrected chi connectivity index (χ3v) is 6.54. The first-order valence-corrected chi connectivity index (χ1v) is 12.5. The molecule has 1 aromatic heterocycles. The van der Waals surface area contributed by atoms with E-state index in [4.69, 9.17) is 5.73 Å². The molecule has 0 aliphatic rings. The summed E-state index contributed by atoms with van der Waals surface area (Å²) in [6.45, 7) is 8.24. The smallest absolute Gasteiger partial charge is 0.326 e. The molecule has 0 fully saturated rings. The average molecular weight is 518 g/mol. The van der Waals surface area contributed by atoms with E-state index < -0.39 is 59.9 Å². The second-order valence-electron chi connectivity index (χ2n) is 9.84. The van der Waals surface area contributed by atoms with Crippen LogP contribution in [0.15, 0.2) is 30.5 Å². The summed E-state index contributed by atoms with van der Waals surface area (Å²) in [5.74, 6) is -3.98. The van der Waals surface area contributed by atoms with Gasteiger partial charge >= 0.3 is 5.97 Å². The predicted molar refractivity (Wildman–Crippen MR) is 139 cm³/mol. The van der Waals surface area contributed by atoms with Crippen LogP contribution >= 0.6 is 0 Å². The van der Waals surface area contributed by atoms with E-state index in [0.717, 1.165) is 16.5 Å². The zero-order valence-electron chi connectivity index (χ0n) is 21.9. The Morgan fingerprint density at radius 3 is 2.05 bits per heavy atom. The van der Waals surface area contributed by atoms with Crippen LogP contribution in [0.5, 0.6) is 0 Å². The van der Waals surface area contributed by atoms with Gasteiger partial charge in [-0.3, -0.25) is 14.4 Å². The van der Waals surface area contributed by atoms with Crippen LogP contribution in [0.4, 0.5) is 0 Å². The first kappa shape index (κ1) is 29.8. The molecule has 8 N–H and O–H groups in total. The summed E-state index contributed by atoms with van der Waals surface area (Å²) in [4.78, 5) is 53.5. The molecule has 6 unspecified atom stereocenters. The molecular formula is C26H39N5O6. The van der Waals surface area contributed by atoms with Gasteiger partial charge in [0.1, 0.15) is 18.1 Å². The molecule has 37 heavy (non-hydrogen) atoms. The van der Waals surface area contributed by atoms with Crippen molar-refractivity contribution in [1.82, 2.24) is 20.9 Å². The van der Waals surface area contributed by atoms with Crippen LogP contribution in [0, 0.1) is 11.8 Å². The summed E-state index contributed by atoms with van der Waals surface area (Å²) in [6.07, 6.45) is 1.22. The number of aliphatic carboxylic acids is 1. The first-order valence-electron chi connectivity index (χ1n) is 12.5. The van der Waals surface area contributed by atoms with Gasteiger partial charge in [0.05, 0.1) is 12.1 Å². The number of fused-ring (bicyclic) bond motifs is 1. The van der Waals surface area contributed by atoms with E-state index >= 15 is 0 Å². The lowest BCUT2D eigenvalue weighted by Gasteiger charge is -2.29. The van der Waals surface area contributed by atoms with Crippen molar-refractivity contribution in [1.29, 1.82) is 0 Å². The van der Waals surface area contributed by atoms with Gasteiger partial charge in [0.15, 0.2) is 0 Å². The number of aromatic nitrogens is 1. The van der Waals surface area contributed by atoms with Gasteiger partial charge in [0.25, 0.3) is 0 Å². The molecule has 3 amide bonds. The monoisotopic (exact) mass is 517 g/mol. The van der Waals surface area contributed by atoms with Gasteiger partial charge in [-0.05, 0) is 36.8 Å². The van der Waals surface area contributed by atoms with Crippen LogP contribution in [-0.2, 0) is 25.6 Å². The average Bonchev–Trinajstić information content (AvgIpc) is 3.25. The van der Waals surface area contributed by atoms with Crippen LogP contribution in [0.1, 0.15) is 46.6 Å². The number of benzene rings is 1. The number of hydrogen-bond acceptors (Lipinski definition) is 6. The van der Waals surface area contributed by atoms with Crippen molar-refractivity contribution < 1.29 is 29.4 Å². The highest BCUT2D eigenvalue weighted by molar-refractivity contribution is 5.94. The predicted octanol–water partition coefficient (Wildman–Crippen LogP) is 0.660.